The number of ketones is 1. The van der Waals surface area contributed by atoms with E-state index in [1.165, 1.54) is 28.4 Å². The van der Waals surface area contributed by atoms with Crippen LogP contribution in [-0.4, -0.2) is 430 Å². The van der Waals surface area contributed by atoms with Gasteiger partial charge in [-0.3, -0.25) is 9.59 Å². The fourth-order valence-electron chi connectivity index (χ4n) is 10.2. The normalized spacial score (nSPS) is 28.0. The largest absolute Gasteiger partial charge is 0.480 e. The first-order valence-corrected chi connectivity index (χ1v) is 34.6. The van der Waals surface area contributed by atoms with Gasteiger partial charge in [-0.2, -0.15) is 0 Å². The molecule has 0 spiro atoms. The van der Waals surface area contributed by atoms with Crippen LogP contribution in [0.25, 0.3) is 31.3 Å². The Bertz CT molecular complexity index is 2530. The van der Waals surface area contributed by atoms with E-state index in [1.54, 1.807) is 0 Å². The highest BCUT2D eigenvalue weighted by atomic mass is 16.8. The van der Waals surface area contributed by atoms with Gasteiger partial charge < -0.3 is 171 Å². The molecular formula is C61H111N11O37. The molecule has 4 rings (SSSR count). The number of aliphatic hydroxyl groups is 8. The number of nitrogens with two attached hydrogens (primary N) is 1. The van der Waals surface area contributed by atoms with E-state index in [1.807, 2.05) is 0 Å². The minimum absolute atomic E-state index is 0.110. The Balaban J connectivity index is 0.000000692. The maximum atomic E-state index is 12.6. The quantitative estimate of drug-likeness (QED) is 0.0117. The van der Waals surface area contributed by atoms with Crippen LogP contribution >= 0.6 is 0 Å². The molecule has 48 nitrogen and oxygen atoms in total. The molecule has 20 atom stereocenters. The average molecular weight is 1590 g/mol. The third kappa shape index (κ3) is 41.4. The highest BCUT2D eigenvalue weighted by Gasteiger charge is 2.54. The number of carbonyl (C=O) groups excluding carboxylic acids is 2. The van der Waals surface area contributed by atoms with Gasteiger partial charge in [-0.1, -0.05) is 15.3 Å². The highest BCUT2D eigenvalue weighted by Crippen LogP contribution is 2.34. The summed E-state index contributed by atoms with van der Waals surface area (Å²) < 4.78 is 124. The predicted molar refractivity (Wildman–Crippen MR) is 362 cm³/mol. The zero-order valence-electron chi connectivity index (χ0n) is 61.5. The van der Waals surface area contributed by atoms with Gasteiger partial charge in [0.2, 0.25) is 5.91 Å². The number of carboxylic acid groups (broad SMARTS) is 2. The Morgan fingerprint density at radius 1 is 0.404 bits per heavy atom. The van der Waals surface area contributed by atoms with E-state index in [0.29, 0.717) is 125 Å². The molecule has 109 heavy (non-hydrogen) atoms. The number of hydrogen-bond acceptors (Lipinski definition) is 39. The molecule has 0 aromatic heterocycles. The van der Waals surface area contributed by atoms with Crippen molar-refractivity contribution in [1.82, 2.24) is 5.32 Å². The van der Waals surface area contributed by atoms with Crippen molar-refractivity contribution < 1.29 is 179 Å². The lowest BCUT2D eigenvalue weighted by molar-refractivity contribution is -0.361. The standard InChI is InChI=1S/C35H63N7O19.C18H30O15.C8H18N4O3/c1-49-31-26(22-57-23-27(45)38-5-9-52-13-17-56-19-15-54-11-7-40-42-37)60-34(29(47)28(31)46)61-32-25(20-43)59-35(50-2)33(30(32)48)58-21-24(44)4-3-8-51-12-16-55-18-14-53-10-6-39-41-36;1-27-14-8(4-29-5-9(20)21)32-17(12(25)11(14)24)33-15-7(3-19)31-18(28-2)16(13(15)26)30-6-10(22)23;9-1-3-13-5-7-15-8-6-14-4-2-11-12-10/h25-26,28-35,43,46-48H,3-23H2,1-2H3,(H,38,45);7-8,11-19,24-26H,3-6H2,1-2H3,(H,20,21)(H,22,23);1-9H2. The third-order valence-electron chi connectivity index (χ3n) is 15.3. The molecule has 4 fully saturated rings. The van der Waals surface area contributed by atoms with Crippen LogP contribution < -0.4 is 11.1 Å². The van der Waals surface area contributed by atoms with E-state index < -0.39 is 174 Å². The molecule has 4 aliphatic rings. The summed E-state index contributed by atoms with van der Waals surface area (Å²) in [5.41, 5.74) is 29.6. The van der Waals surface area contributed by atoms with E-state index in [2.05, 4.69) is 35.4 Å². The molecule has 48 heteroatoms. The summed E-state index contributed by atoms with van der Waals surface area (Å²) >= 11 is 0. The van der Waals surface area contributed by atoms with Gasteiger partial charge >= 0.3 is 11.9 Å². The number of Topliss-reactive ketones (excluding diaryl/α,β-unsaturated/α-hetero) is 1. The zero-order valence-corrected chi connectivity index (χ0v) is 61.5. The highest BCUT2D eigenvalue weighted by molar-refractivity contribution is 5.79. The summed E-state index contributed by atoms with van der Waals surface area (Å²) in [6.45, 7) is 4.26. The van der Waals surface area contributed by atoms with Gasteiger partial charge in [0.1, 0.15) is 124 Å². The van der Waals surface area contributed by atoms with Crippen LogP contribution in [0.1, 0.15) is 12.8 Å². The Hall–Kier alpha value is -5.27. The SMILES string of the molecule is COC1OC(CO)C(OC2OC(COCC(=O)NCCOCCOCCOCCN=[N+]=[N-])C(OC)C(O)C2O)C(O)C1OCC(=O)CCCOCCOCCOCCN=[N+]=[N-].COC1OC(CO)C(OC2OC(COCC(=O)O)C(OC)C(O)C2O)C(O)C1OCC(=O)O.[N-]=[N+]=NCCOCCOCCOCCN. The molecule has 20 unspecified atom stereocenters. The zero-order chi connectivity index (χ0) is 80.4. The number of aliphatic hydroxyl groups excluding tert-OH is 8. The topological polar surface area (TPSA) is 667 Å². The Morgan fingerprint density at radius 3 is 1.13 bits per heavy atom. The molecule has 632 valence electrons. The number of carbonyl (C=O) groups is 4. The lowest BCUT2D eigenvalue weighted by atomic mass is 9.96. The van der Waals surface area contributed by atoms with E-state index in [-0.39, 0.29) is 64.9 Å². The summed E-state index contributed by atoms with van der Waals surface area (Å²) in [6, 6.07) is 0. The van der Waals surface area contributed by atoms with E-state index >= 15 is 0 Å². The van der Waals surface area contributed by atoms with Crippen molar-refractivity contribution in [1.29, 1.82) is 0 Å². The van der Waals surface area contributed by atoms with Gasteiger partial charge in [-0.25, -0.2) is 9.59 Å². The van der Waals surface area contributed by atoms with Crippen molar-refractivity contribution in [2.24, 2.45) is 21.1 Å². The van der Waals surface area contributed by atoms with Crippen LogP contribution in [0, 0.1) is 0 Å². The molecule has 4 heterocycles. The van der Waals surface area contributed by atoms with Crippen molar-refractivity contribution in [3.05, 3.63) is 31.3 Å². The molecule has 0 bridgehead atoms. The summed E-state index contributed by atoms with van der Waals surface area (Å²) in [6.07, 6.45) is -27.0. The first kappa shape index (κ1) is 99.8. The van der Waals surface area contributed by atoms with Crippen LogP contribution in [0.3, 0.4) is 0 Å². The molecule has 4 aliphatic heterocycles. The molecule has 13 N–H and O–H groups in total. The molecule has 0 aliphatic carbocycles. The van der Waals surface area contributed by atoms with E-state index in [0.717, 1.165) is 0 Å². The molecule has 0 saturated carbocycles. The van der Waals surface area contributed by atoms with Crippen LogP contribution in [0.5, 0.6) is 0 Å². The summed E-state index contributed by atoms with van der Waals surface area (Å²) in [7, 11) is 5.04. The summed E-state index contributed by atoms with van der Waals surface area (Å²) in [4.78, 5) is 54.4. The number of carboxylic acids is 2. The fourth-order valence-corrected chi connectivity index (χ4v) is 10.2. The van der Waals surface area contributed by atoms with Crippen LogP contribution in [0.15, 0.2) is 15.3 Å². The lowest BCUT2D eigenvalue weighted by Crippen LogP contribution is -2.65. The number of azide groups is 3. The second-order valence-corrected chi connectivity index (χ2v) is 23.1. The monoisotopic (exact) mass is 1590 g/mol. The second-order valence-electron chi connectivity index (χ2n) is 23.1. The van der Waals surface area contributed by atoms with Crippen LogP contribution in [0.4, 0.5) is 0 Å². The molecule has 0 aromatic carbocycles. The molecule has 0 radical (unpaired) electrons. The maximum absolute atomic E-state index is 12.6. The van der Waals surface area contributed by atoms with E-state index in [4.69, 9.17) is 141 Å². The van der Waals surface area contributed by atoms with Crippen LogP contribution in [-0.2, 0) is 128 Å². The molecule has 4 saturated heterocycles. The minimum atomic E-state index is -1.70. The first-order valence-electron chi connectivity index (χ1n) is 34.6. The van der Waals surface area contributed by atoms with Gasteiger partial charge in [0.05, 0.1) is 139 Å². The summed E-state index contributed by atoms with van der Waals surface area (Å²) in [5.74, 6) is -3.31. The number of rotatable bonds is 60. The second kappa shape index (κ2) is 63.2. The first-order chi connectivity index (χ1) is 52.8. The van der Waals surface area contributed by atoms with Gasteiger partial charge in [0.25, 0.3) is 0 Å². The van der Waals surface area contributed by atoms with Gasteiger partial charge in [0.15, 0.2) is 30.9 Å². The van der Waals surface area contributed by atoms with Crippen molar-refractivity contribution in [3.63, 3.8) is 0 Å². The van der Waals surface area contributed by atoms with Gasteiger partial charge in [0, 0.05) is 88.9 Å². The van der Waals surface area contributed by atoms with E-state index in [9.17, 15) is 60.0 Å². The van der Waals surface area contributed by atoms with Crippen molar-refractivity contribution in [3.8, 4) is 0 Å². The van der Waals surface area contributed by atoms with Crippen molar-refractivity contribution in [2.75, 3.05) is 233 Å². The number of nitrogens with zero attached hydrogens (tertiary/aromatic N) is 9. The number of hydrogen-bond donors (Lipinski definition) is 12. The van der Waals surface area contributed by atoms with Crippen molar-refractivity contribution >= 4 is 23.6 Å². The lowest BCUT2D eigenvalue weighted by Gasteiger charge is -2.47. The average Bonchev–Trinajstić information content (AvgIpc) is 0.789. The Labute approximate surface area is 627 Å². The third-order valence-corrected chi connectivity index (χ3v) is 15.3. The predicted octanol–water partition coefficient (Wildman–Crippen LogP) is -5.42. The summed E-state index contributed by atoms with van der Waals surface area (Å²) in [5, 5.41) is 115. The smallest absolute Gasteiger partial charge is 0.329 e. The number of aliphatic carboxylic acids is 2. The minimum Gasteiger partial charge on any atom is -0.480 e. The number of amides is 1. The Kier molecular flexibility index (Phi) is 57.8. The van der Waals surface area contributed by atoms with Gasteiger partial charge in [-0.15, -0.1) is 0 Å². The van der Waals surface area contributed by atoms with Crippen LogP contribution in [0.2, 0.25) is 0 Å². The molecule has 1 amide bonds. The maximum Gasteiger partial charge on any atom is 0.329 e. The number of ether oxygens (including phenoxy) is 23. The van der Waals surface area contributed by atoms with Crippen molar-refractivity contribution in [2.45, 2.75) is 136 Å². The molecule has 0 aromatic rings. The number of methoxy groups -OCH3 is 4. The molecular weight excluding hydrogens is 1480 g/mol. The van der Waals surface area contributed by atoms with Gasteiger partial charge in [-0.05, 0) is 23.0 Å². The Morgan fingerprint density at radius 2 is 0.761 bits per heavy atom. The number of nitrogens with one attached hydrogen (secondary N) is 1. The fraction of sp³-hybridized carbons (Fsp3) is 0.934.